The predicted octanol–water partition coefficient (Wildman–Crippen LogP) is 3.21. The number of hydrogen-bond donors (Lipinski definition) is 2. The molecule has 0 bridgehead atoms. The normalized spacial score (nSPS) is 11.8. The number of ether oxygens (including phenoxy) is 1. The molecule has 0 saturated heterocycles. The molecule has 1 atom stereocenters. The molecule has 0 aliphatic heterocycles. The van der Waals surface area contributed by atoms with Crippen LogP contribution >= 0.6 is 15.9 Å². The lowest BCUT2D eigenvalue weighted by Gasteiger charge is -2.13. The van der Waals surface area contributed by atoms with Crippen molar-refractivity contribution in [2.24, 2.45) is 5.10 Å². The molecule has 0 heterocycles. The van der Waals surface area contributed by atoms with Gasteiger partial charge in [0.1, 0.15) is 0 Å². The summed E-state index contributed by atoms with van der Waals surface area (Å²) in [7, 11) is 0. The third-order valence-corrected chi connectivity index (χ3v) is 3.84. The third-order valence-electron chi connectivity index (χ3n) is 3.15. The second kappa shape index (κ2) is 9.58. The second-order valence-electron chi connectivity index (χ2n) is 4.94. The topological polar surface area (TPSA) is 79.8 Å². The molecule has 7 heteroatoms. The van der Waals surface area contributed by atoms with Gasteiger partial charge in [0, 0.05) is 10.0 Å². The number of halogens is 1. The lowest BCUT2D eigenvalue weighted by Crippen LogP contribution is -2.43. The molecule has 0 saturated carbocycles. The van der Waals surface area contributed by atoms with Gasteiger partial charge in [0.05, 0.1) is 18.5 Å². The number of rotatable bonds is 7. The second-order valence-corrected chi connectivity index (χ2v) is 5.79. The Morgan fingerprint density at radius 1 is 1.16 bits per heavy atom. The van der Waals surface area contributed by atoms with E-state index in [2.05, 4.69) is 31.8 Å². The van der Waals surface area contributed by atoms with Crippen LogP contribution < -0.4 is 10.7 Å². The van der Waals surface area contributed by atoms with E-state index in [9.17, 15) is 9.59 Å². The highest BCUT2D eigenvalue weighted by atomic mass is 79.9. The lowest BCUT2D eigenvalue weighted by molar-refractivity contribution is -0.143. The largest absolute Gasteiger partial charge is 0.464 e. The number of carbonyl (C=O) groups is 2. The third kappa shape index (κ3) is 5.72. The maximum atomic E-state index is 12.2. The maximum absolute atomic E-state index is 12.2. The number of esters is 1. The number of carbonyl (C=O) groups excluding carboxylic acids is 2. The summed E-state index contributed by atoms with van der Waals surface area (Å²) in [6.07, 6.45) is 1.30. The van der Waals surface area contributed by atoms with Gasteiger partial charge in [-0.25, -0.2) is 4.79 Å². The summed E-state index contributed by atoms with van der Waals surface area (Å²) in [5.41, 5.74) is 4.00. The van der Waals surface area contributed by atoms with Crippen LogP contribution in [0.4, 0.5) is 5.69 Å². The smallest absolute Gasteiger partial charge is 0.334 e. The molecular weight excluding hydrogens is 386 g/mol. The van der Waals surface area contributed by atoms with Crippen LogP contribution in [0.1, 0.15) is 17.3 Å². The molecule has 25 heavy (non-hydrogen) atoms. The minimum absolute atomic E-state index is 0.210. The first-order valence-electron chi connectivity index (χ1n) is 7.68. The fourth-order valence-electron chi connectivity index (χ4n) is 1.94. The Morgan fingerprint density at radius 2 is 1.84 bits per heavy atom. The number of hydrazone groups is 1. The summed E-state index contributed by atoms with van der Waals surface area (Å²) in [5, 5.41) is 6.64. The van der Waals surface area contributed by atoms with Gasteiger partial charge in [0.2, 0.25) is 0 Å². The summed E-state index contributed by atoms with van der Waals surface area (Å²) in [6, 6.07) is 15.0. The minimum atomic E-state index is -0.998. The van der Waals surface area contributed by atoms with Gasteiger partial charge in [-0.1, -0.05) is 30.3 Å². The number of para-hydroxylation sites is 1. The highest BCUT2D eigenvalue weighted by molar-refractivity contribution is 9.10. The van der Waals surface area contributed by atoms with Crippen molar-refractivity contribution in [3.63, 3.8) is 0 Å². The van der Waals surface area contributed by atoms with Crippen molar-refractivity contribution in [3.05, 3.63) is 64.6 Å². The summed E-state index contributed by atoms with van der Waals surface area (Å²) in [6.45, 7) is 1.91. The molecule has 0 radical (unpaired) electrons. The SMILES string of the molecule is CCOC(=O)C(/C=N/Nc1ccccc1Br)NC(=O)c1ccccc1. The molecular formula is C18H18BrN3O3. The number of amides is 1. The van der Waals surface area contributed by atoms with Crippen LogP contribution in [0.2, 0.25) is 0 Å². The van der Waals surface area contributed by atoms with Crippen LogP contribution in [0.5, 0.6) is 0 Å². The molecule has 2 rings (SSSR count). The van der Waals surface area contributed by atoms with Gasteiger partial charge in [-0.15, -0.1) is 0 Å². The number of nitrogens with one attached hydrogen (secondary N) is 2. The minimum Gasteiger partial charge on any atom is -0.464 e. The van der Waals surface area contributed by atoms with E-state index < -0.39 is 12.0 Å². The number of nitrogens with zero attached hydrogens (tertiary/aromatic N) is 1. The van der Waals surface area contributed by atoms with Crippen LogP contribution in [-0.4, -0.2) is 30.7 Å². The summed E-state index contributed by atoms with van der Waals surface area (Å²) in [5.74, 6) is -0.963. The number of anilines is 1. The quantitative estimate of drug-likeness (QED) is 0.422. The Labute approximate surface area is 154 Å². The van der Waals surface area contributed by atoms with E-state index in [1.807, 2.05) is 30.3 Å². The van der Waals surface area contributed by atoms with Crippen LogP contribution in [0.15, 0.2) is 64.2 Å². The fraction of sp³-hybridized carbons (Fsp3) is 0.167. The van der Waals surface area contributed by atoms with Crippen LogP contribution in [0, 0.1) is 0 Å². The first-order chi connectivity index (χ1) is 12.1. The van der Waals surface area contributed by atoms with Gasteiger partial charge in [0.25, 0.3) is 5.91 Å². The molecule has 0 aliphatic carbocycles. The van der Waals surface area contributed by atoms with E-state index >= 15 is 0 Å². The molecule has 1 amide bonds. The summed E-state index contributed by atoms with van der Waals surface area (Å²) in [4.78, 5) is 24.3. The van der Waals surface area contributed by atoms with Gasteiger partial charge < -0.3 is 10.1 Å². The monoisotopic (exact) mass is 403 g/mol. The molecule has 1 unspecified atom stereocenters. The molecule has 130 valence electrons. The van der Waals surface area contributed by atoms with Gasteiger partial charge in [0.15, 0.2) is 6.04 Å². The van der Waals surface area contributed by atoms with Gasteiger partial charge >= 0.3 is 5.97 Å². The highest BCUT2D eigenvalue weighted by Crippen LogP contribution is 2.20. The average molecular weight is 404 g/mol. The van der Waals surface area contributed by atoms with Gasteiger partial charge in [-0.05, 0) is 47.1 Å². The van der Waals surface area contributed by atoms with Gasteiger partial charge in [-0.2, -0.15) is 5.10 Å². The van der Waals surface area contributed by atoms with E-state index in [0.29, 0.717) is 5.56 Å². The number of benzene rings is 2. The zero-order valence-electron chi connectivity index (χ0n) is 13.6. The molecule has 2 aromatic rings. The standard InChI is InChI=1S/C18H18BrN3O3/c1-2-25-18(24)16(21-17(23)13-8-4-3-5-9-13)12-20-22-15-11-7-6-10-14(15)19/h3-12,16,22H,2H2,1H3,(H,21,23)/b20-12+. The zero-order valence-corrected chi connectivity index (χ0v) is 15.2. The van der Waals surface area contributed by atoms with Crippen molar-refractivity contribution in [2.75, 3.05) is 12.0 Å². The van der Waals surface area contributed by atoms with Crippen molar-refractivity contribution in [2.45, 2.75) is 13.0 Å². The highest BCUT2D eigenvalue weighted by Gasteiger charge is 2.20. The summed E-state index contributed by atoms with van der Waals surface area (Å²) < 4.78 is 5.81. The molecule has 0 aliphatic rings. The van der Waals surface area contributed by atoms with E-state index in [-0.39, 0.29) is 12.5 Å². The Hall–Kier alpha value is -2.67. The predicted molar refractivity (Wildman–Crippen MR) is 101 cm³/mol. The maximum Gasteiger partial charge on any atom is 0.334 e. The molecule has 2 aromatic carbocycles. The summed E-state index contributed by atoms with van der Waals surface area (Å²) >= 11 is 3.39. The first-order valence-corrected chi connectivity index (χ1v) is 8.47. The van der Waals surface area contributed by atoms with Crippen molar-refractivity contribution in [3.8, 4) is 0 Å². The van der Waals surface area contributed by atoms with E-state index in [1.165, 1.54) is 6.21 Å². The van der Waals surface area contributed by atoms with Crippen molar-refractivity contribution >= 4 is 39.7 Å². The fourth-order valence-corrected chi connectivity index (χ4v) is 2.31. The first kappa shape index (κ1) is 18.7. The molecule has 2 N–H and O–H groups in total. The molecule has 0 aromatic heterocycles. The van der Waals surface area contributed by atoms with Crippen molar-refractivity contribution < 1.29 is 14.3 Å². The van der Waals surface area contributed by atoms with Crippen molar-refractivity contribution in [1.82, 2.24) is 5.32 Å². The van der Waals surface area contributed by atoms with Crippen LogP contribution in [-0.2, 0) is 9.53 Å². The van der Waals surface area contributed by atoms with Gasteiger partial charge in [-0.3, -0.25) is 10.2 Å². The van der Waals surface area contributed by atoms with E-state index in [4.69, 9.17) is 4.74 Å². The van der Waals surface area contributed by atoms with Crippen LogP contribution in [0.3, 0.4) is 0 Å². The Balaban J connectivity index is 2.07. The van der Waals surface area contributed by atoms with E-state index in [1.54, 1.807) is 31.2 Å². The Kier molecular flexibility index (Phi) is 7.16. The Morgan fingerprint density at radius 3 is 2.52 bits per heavy atom. The van der Waals surface area contributed by atoms with E-state index in [0.717, 1.165) is 10.2 Å². The zero-order chi connectivity index (χ0) is 18.1. The Bertz CT molecular complexity index is 750. The van der Waals surface area contributed by atoms with Crippen LogP contribution in [0.25, 0.3) is 0 Å². The average Bonchev–Trinajstić information content (AvgIpc) is 2.63. The van der Waals surface area contributed by atoms with Crippen molar-refractivity contribution in [1.29, 1.82) is 0 Å². The molecule has 6 nitrogen and oxygen atoms in total. The molecule has 0 spiro atoms. The number of hydrogen-bond acceptors (Lipinski definition) is 5. The lowest BCUT2D eigenvalue weighted by atomic mass is 10.2. The molecule has 0 fully saturated rings.